The predicted octanol–water partition coefficient (Wildman–Crippen LogP) is 1.98. The average molecular weight is 308 g/mol. The summed E-state index contributed by atoms with van der Waals surface area (Å²) in [7, 11) is 0. The maximum absolute atomic E-state index is 12.2. The summed E-state index contributed by atoms with van der Waals surface area (Å²) in [5, 5.41) is 12.1. The van der Waals surface area contributed by atoms with Crippen molar-refractivity contribution in [2.75, 3.05) is 19.8 Å². The zero-order chi connectivity index (χ0) is 15.3. The number of benzene rings is 1. The quantitative estimate of drug-likeness (QED) is 0.840. The van der Waals surface area contributed by atoms with Crippen LogP contribution in [0.25, 0.3) is 0 Å². The molecule has 1 unspecified atom stereocenters. The van der Waals surface area contributed by atoms with E-state index in [4.69, 9.17) is 21.4 Å². The van der Waals surface area contributed by atoms with Crippen molar-refractivity contribution in [2.45, 2.75) is 25.3 Å². The van der Waals surface area contributed by atoms with E-state index in [0.717, 1.165) is 6.42 Å². The van der Waals surface area contributed by atoms with Gasteiger partial charge in [0.15, 0.2) is 0 Å². The Morgan fingerprint density at radius 1 is 1.57 bits per heavy atom. The van der Waals surface area contributed by atoms with Crippen LogP contribution in [0.15, 0.2) is 18.2 Å². The SMILES string of the molecule is CC1(NC(=O)c2ccc(C#CCCO)c(Cl)c2)CCOC1. The predicted molar refractivity (Wildman–Crippen MR) is 81.3 cm³/mol. The van der Waals surface area contributed by atoms with Crippen LogP contribution in [0.4, 0.5) is 0 Å². The van der Waals surface area contributed by atoms with E-state index in [1.807, 2.05) is 6.92 Å². The Morgan fingerprint density at radius 2 is 2.38 bits per heavy atom. The third-order valence-corrected chi connectivity index (χ3v) is 3.64. The minimum Gasteiger partial charge on any atom is -0.395 e. The Morgan fingerprint density at radius 3 is 3.00 bits per heavy atom. The van der Waals surface area contributed by atoms with Gasteiger partial charge in [0.2, 0.25) is 0 Å². The molecule has 1 aliphatic rings. The normalized spacial score (nSPS) is 20.7. The first kappa shape index (κ1) is 15.8. The van der Waals surface area contributed by atoms with Gasteiger partial charge in [0, 0.05) is 24.2 Å². The van der Waals surface area contributed by atoms with Crippen molar-refractivity contribution in [3.05, 3.63) is 34.3 Å². The monoisotopic (exact) mass is 307 g/mol. The van der Waals surface area contributed by atoms with Gasteiger partial charge in [0.05, 0.1) is 23.8 Å². The lowest BCUT2D eigenvalue weighted by Crippen LogP contribution is -2.46. The van der Waals surface area contributed by atoms with Crippen LogP contribution in [-0.2, 0) is 4.74 Å². The molecule has 0 spiro atoms. The van der Waals surface area contributed by atoms with Crippen molar-refractivity contribution in [3.8, 4) is 11.8 Å². The van der Waals surface area contributed by atoms with Gasteiger partial charge >= 0.3 is 0 Å². The summed E-state index contributed by atoms with van der Waals surface area (Å²) in [6.07, 6.45) is 1.20. The number of aliphatic hydroxyl groups is 1. The van der Waals surface area contributed by atoms with Crippen molar-refractivity contribution in [3.63, 3.8) is 0 Å². The van der Waals surface area contributed by atoms with E-state index in [0.29, 0.717) is 35.8 Å². The van der Waals surface area contributed by atoms with Gasteiger partial charge in [-0.05, 0) is 31.5 Å². The second kappa shape index (κ2) is 6.95. The van der Waals surface area contributed by atoms with Gasteiger partial charge in [0.1, 0.15) is 0 Å². The number of carbonyl (C=O) groups excluding carboxylic acids is 1. The number of carbonyl (C=O) groups is 1. The van der Waals surface area contributed by atoms with Crippen LogP contribution in [-0.4, -0.2) is 36.4 Å². The molecule has 0 bridgehead atoms. The minimum absolute atomic E-state index is 0.0196. The number of amides is 1. The molecule has 112 valence electrons. The first-order chi connectivity index (χ1) is 10.0. The second-order valence-electron chi connectivity index (χ2n) is 5.29. The Hall–Kier alpha value is -1.54. The van der Waals surface area contributed by atoms with Crippen molar-refractivity contribution in [2.24, 2.45) is 0 Å². The molecule has 1 aromatic carbocycles. The molecule has 1 aromatic rings. The van der Waals surface area contributed by atoms with Crippen molar-refractivity contribution in [1.29, 1.82) is 0 Å². The Balaban J connectivity index is 2.09. The molecule has 1 aliphatic heterocycles. The van der Waals surface area contributed by atoms with Gasteiger partial charge in [-0.15, -0.1) is 0 Å². The average Bonchev–Trinajstić information content (AvgIpc) is 2.87. The van der Waals surface area contributed by atoms with Crippen molar-refractivity contribution in [1.82, 2.24) is 5.32 Å². The Bertz CT molecular complexity index is 583. The summed E-state index contributed by atoms with van der Waals surface area (Å²) in [4.78, 5) is 12.2. The second-order valence-corrected chi connectivity index (χ2v) is 5.69. The van der Waals surface area contributed by atoms with Gasteiger partial charge in [-0.1, -0.05) is 23.4 Å². The number of hydrogen-bond donors (Lipinski definition) is 2. The first-order valence-electron chi connectivity index (χ1n) is 6.84. The molecule has 1 heterocycles. The highest BCUT2D eigenvalue weighted by Gasteiger charge is 2.31. The van der Waals surface area contributed by atoms with Crippen LogP contribution in [0.2, 0.25) is 5.02 Å². The molecule has 4 nitrogen and oxygen atoms in total. The standard InChI is InChI=1S/C16H18ClNO3/c1-16(7-9-21-11-16)18-15(20)13-6-5-12(14(17)10-13)4-2-3-8-19/h5-6,10,19H,3,7-9,11H2,1H3,(H,18,20). The van der Waals surface area contributed by atoms with E-state index in [-0.39, 0.29) is 18.1 Å². The van der Waals surface area contributed by atoms with Gasteiger partial charge in [-0.25, -0.2) is 0 Å². The highest BCUT2D eigenvalue weighted by molar-refractivity contribution is 6.32. The van der Waals surface area contributed by atoms with E-state index in [1.165, 1.54) is 0 Å². The fourth-order valence-electron chi connectivity index (χ4n) is 2.08. The molecule has 1 atom stereocenters. The van der Waals surface area contributed by atoms with Crippen LogP contribution in [0.5, 0.6) is 0 Å². The van der Waals surface area contributed by atoms with Crippen LogP contribution < -0.4 is 5.32 Å². The zero-order valence-corrected chi connectivity index (χ0v) is 12.7. The maximum Gasteiger partial charge on any atom is 0.251 e. The lowest BCUT2D eigenvalue weighted by molar-refractivity contribution is 0.0890. The van der Waals surface area contributed by atoms with Crippen LogP contribution in [0.1, 0.15) is 35.7 Å². The molecule has 0 aromatic heterocycles. The summed E-state index contributed by atoms with van der Waals surface area (Å²) in [5.74, 6) is 5.50. The highest BCUT2D eigenvalue weighted by atomic mass is 35.5. The van der Waals surface area contributed by atoms with E-state index in [1.54, 1.807) is 18.2 Å². The van der Waals surface area contributed by atoms with Crippen molar-refractivity contribution < 1.29 is 14.6 Å². The Kier molecular flexibility index (Phi) is 5.24. The zero-order valence-electron chi connectivity index (χ0n) is 11.9. The van der Waals surface area contributed by atoms with Crippen LogP contribution in [0, 0.1) is 11.8 Å². The van der Waals surface area contributed by atoms with E-state index in [9.17, 15) is 4.79 Å². The third kappa shape index (κ3) is 4.21. The molecule has 5 heteroatoms. The van der Waals surface area contributed by atoms with E-state index < -0.39 is 0 Å². The summed E-state index contributed by atoms with van der Waals surface area (Å²) in [6.45, 7) is 3.17. The Labute approximate surface area is 129 Å². The summed E-state index contributed by atoms with van der Waals surface area (Å²) in [5.41, 5.74) is 0.835. The molecular formula is C16H18ClNO3. The molecular weight excluding hydrogens is 290 g/mol. The third-order valence-electron chi connectivity index (χ3n) is 3.33. The number of ether oxygens (including phenoxy) is 1. The molecule has 0 radical (unpaired) electrons. The molecule has 2 rings (SSSR count). The molecule has 0 saturated carbocycles. The lowest BCUT2D eigenvalue weighted by atomic mass is 10.0. The van der Waals surface area contributed by atoms with Crippen molar-refractivity contribution >= 4 is 17.5 Å². The lowest BCUT2D eigenvalue weighted by Gasteiger charge is -2.23. The largest absolute Gasteiger partial charge is 0.395 e. The highest BCUT2D eigenvalue weighted by Crippen LogP contribution is 2.20. The fourth-order valence-corrected chi connectivity index (χ4v) is 2.31. The molecule has 1 amide bonds. The molecule has 0 aliphatic carbocycles. The van der Waals surface area contributed by atoms with Crippen LogP contribution >= 0.6 is 11.6 Å². The van der Waals surface area contributed by atoms with E-state index in [2.05, 4.69) is 17.2 Å². The number of hydrogen-bond acceptors (Lipinski definition) is 3. The number of nitrogens with one attached hydrogen (secondary N) is 1. The maximum atomic E-state index is 12.2. The minimum atomic E-state index is -0.316. The van der Waals surface area contributed by atoms with Gasteiger partial charge in [0.25, 0.3) is 5.91 Å². The fraction of sp³-hybridized carbons (Fsp3) is 0.438. The summed E-state index contributed by atoms with van der Waals surface area (Å²) >= 11 is 6.13. The summed E-state index contributed by atoms with van der Waals surface area (Å²) in [6, 6.07) is 5.03. The van der Waals surface area contributed by atoms with Gasteiger partial charge in [-0.3, -0.25) is 4.79 Å². The molecule has 1 fully saturated rings. The smallest absolute Gasteiger partial charge is 0.251 e. The van der Waals surface area contributed by atoms with Crippen LogP contribution in [0.3, 0.4) is 0 Å². The molecule has 1 saturated heterocycles. The van der Waals surface area contributed by atoms with Gasteiger partial charge < -0.3 is 15.2 Å². The number of aliphatic hydroxyl groups excluding tert-OH is 1. The summed E-state index contributed by atoms with van der Waals surface area (Å²) < 4.78 is 5.32. The molecule has 21 heavy (non-hydrogen) atoms. The number of rotatable bonds is 3. The topological polar surface area (TPSA) is 58.6 Å². The van der Waals surface area contributed by atoms with E-state index >= 15 is 0 Å². The first-order valence-corrected chi connectivity index (χ1v) is 7.21. The van der Waals surface area contributed by atoms with Gasteiger partial charge in [-0.2, -0.15) is 0 Å². The molecule has 2 N–H and O–H groups in total. The number of halogens is 1.